The van der Waals surface area contributed by atoms with Gasteiger partial charge in [0.15, 0.2) is 0 Å². The predicted molar refractivity (Wildman–Crippen MR) is 60.5 cm³/mol. The average molecular weight is 273 g/mol. The maximum atomic E-state index is 10.7. The van der Waals surface area contributed by atoms with Crippen LogP contribution in [0.25, 0.3) is 0 Å². The van der Waals surface area contributed by atoms with Crippen LogP contribution in [0.2, 0.25) is 0 Å². The fourth-order valence-corrected chi connectivity index (χ4v) is 1.57. The Balaban J connectivity index is 2.66. The van der Waals surface area contributed by atoms with Crippen molar-refractivity contribution in [1.29, 1.82) is 0 Å². The molecule has 1 rings (SSSR count). The van der Waals surface area contributed by atoms with Crippen molar-refractivity contribution in [2.75, 3.05) is 7.05 Å². The highest BCUT2D eigenvalue weighted by molar-refractivity contribution is 9.10. The van der Waals surface area contributed by atoms with Crippen molar-refractivity contribution in [2.45, 2.75) is 19.5 Å². The summed E-state index contributed by atoms with van der Waals surface area (Å²) in [6.45, 7) is 2.23. The molecule has 1 aromatic heterocycles. The summed E-state index contributed by atoms with van der Waals surface area (Å²) in [7, 11) is 1.78. The first kappa shape index (κ1) is 12.1. The van der Waals surface area contributed by atoms with Crippen molar-refractivity contribution in [3.63, 3.8) is 0 Å². The third kappa shape index (κ3) is 3.60. The summed E-state index contributed by atoms with van der Waals surface area (Å²) in [6, 6.07) is 1.43. The number of halogens is 1. The smallest absolute Gasteiger partial charge is 0.320 e. The SMILES string of the molecule is CC(C(=O)O)N(C)Cc1cncc(Br)c1. The number of carboxylic acid groups (broad SMARTS) is 1. The van der Waals surface area contributed by atoms with E-state index in [4.69, 9.17) is 5.11 Å². The second-order valence-electron chi connectivity index (χ2n) is 3.44. The lowest BCUT2D eigenvalue weighted by Gasteiger charge is -2.20. The van der Waals surface area contributed by atoms with Gasteiger partial charge >= 0.3 is 5.97 Å². The van der Waals surface area contributed by atoms with Crippen LogP contribution in [0.15, 0.2) is 22.9 Å². The van der Waals surface area contributed by atoms with Gasteiger partial charge in [0.1, 0.15) is 6.04 Å². The van der Waals surface area contributed by atoms with E-state index in [2.05, 4.69) is 20.9 Å². The van der Waals surface area contributed by atoms with Gasteiger partial charge in [-0.25, -0.2) is 0 Å². The zero-order valence-corrected chi connectivity index (χ0v) is 10.2. The summed E-state index contributed by atoms with van der Waals surface area (Å²) in [5.74, 6) is -0.819. The van der Waals surface area contributed by atoms with Crippen LogP contribution in [0, 0.1) is 0 Å². The monoisotopic (exact) mass is 272 g/mol. The van der Waals surface area contributed by atoms with Crippen molar-refractivity contribution >= 4 is 21.9 Å². The van der Waals surface area contributed by atoms with Crippen molar-refractivity contribution in [1.82, 2.24) is 9.88 Å². The Morgan fingerprint density at radius 1 is 1.67 bits per heavy atom. The first-order valence-corrected chi connectivity index (χ1v) is 5.32. The molecule has 0 aliphatic rings. The molecular formula is C10H13BrN2O2. The summed E-state index contributed by atoms with van der Waals surface area (Å²) in [5, 5.41) is 8.82. The second kappa shape index (κ2) is 5.23. The predicted octanol–water partition coefficient (Wildman–Crippen LogP) is 1.75. The number of rotatable bonds is 4. The lowest BCUT2D eigenvalue weighted by atomic mass is 10.2. The average Bonchev–Trinajstić information content (AvgIpc) is 2.16. The van der Waals surface area contributed by atoms with Crippen LogP contribution in [-0.2, 0) is 11.3 Å². The Morgan fingerprint density at radius 2 is 2.33 bits per heavy atom. The minimum atomic E-state index is -0.819. The Morgan fingerprint density at radius 3 is 2.87 bits per heavy atom. The fourth-order valence-electron chi connectivity index (χ4n) is 1.16. The van der Waals surface area contributed by atoms with Crippen LogP contribution in [0.4, 0.5) is 0 Å². The van der Waals surface area contributed by atoms with E-state index in [0.29, 0.717) is 6.54 Å². The quantitative estimate of drug-likeness (QED) is 0.908. The van der Waals surface area contributed by atoms with Gasteiger partial charge in [0.2, 0.25) is 0 Å². The van der Waals surface area contributed by atoms with E-state index < -0.39 is 12.0 Å². The molecule has 4 nitrogen and oxygen atoms in total. The molecule has 0 aromatic carbocycles. The van der Waals surface area contributed by atoms with Gasteiger partial charge in [-0.05, 0) is 41.5 Å². The van der Waals surface area contributed by atoms with Crippen molar-refractivity contribution in [3.05, 3.63) is 28.5 Å². The highest BCUT2D eigenvalue weighted by Gasteiger charge is 2.16. The summed E-state index contributed by atoms with van der Waals surface area (Å²) < 4.78 is 0.899. The zero-order chi connectivity index (χ0) is 11.4. The molecule has 0 saturated heterocycles. The van der Waals surface area contributed by atoms with E-state index in [1.54, 1.807) is 31.3 Å². The summed E-state index contributed by atoms with van der Waals surface area (Å²) >= 11 is 3.32. The highest BCUT2D eigenvalue weighted by atomic mass is 79.9. The van der Waals surface area contributed by atoms with E-state index in [9.17, 15) is 4.79 Å². The largest absolute Gasteiger partial charge is 0.480 e. The molecule has 0 bridgehead atoms. The van der Waals surface area contributed by atoms with Gasteiger partial charge in [-0.3, -0.25) is 14.7 Å². The molecule has 0 aliphatic heterocycles. The summed E-state index contributed by atoms with van der Waals surface area (Å²) in [6.07, 6.45) is 3.43. The molecule has 0 saturated carbocycles. The van der Waals surface area contributed by atoms with Gasteiger partial charge in [0.25, 0.3) is 0 Å². The Labute approximate surface area is 97.1 Å². The first-order chi connectivity index (χ1) is 7.00. The lowest BCUT2D eigenvalue weighted by Crippen LogP contribution is -2.35. The van der Waals surface area contributed by atoms with E-state index in [1.807, 2.05) is 6.07 Å². The molecule has 1 N–H and O–H groups in total. The number of likely N-dealkylation sites (N-methyl/N-ethyl adjacent to an activating group) is 1. The number of aliphatic carboxylic acids is 1. The van der Waals surface area contributed by atoms with E-state index in [-0.39, 0.29) is 0 Å². The zero-order valence-electron chi connectivity index (χ0n) is 8.64. The van der Waals surface area contributed by atoms with E-state index >= 15 is 0 Å². The van der Waals surface area contributed by atoms with Gasteiger partial charge in [0, 0.05) is 23.4 Å². The molecule has 1 atom stereocenters. The van der Waals surface area contributed by atoms with Crippen LogP contribution in [-0.4, -0.2) is 34.0 Å². The number of carbonyl (C=O) groups is 1. The number of carboxylic acids is 1. The van der Waals surface area contributed by atoms with E-state index in [1.165, 1.54) is 0 Å². The molecule has 82 valence electrons. The van der Waals surface area contributed by atoms with Gasteiger partial charge in [-0.1, -0.05) is 0 Å². The van der Waals surface area contributed by atoms with Crippen molar-refractivity contribution in [2.24, 2.45) is 0 Å². The van der Waals surface area contributed by atoms with Gasteiger partial charge < -0.3 is 5.11 Å². The van der Waals surface area contributed by atoms with Crippen LogP contribution in [0.3, 0.4) is 0 Å². The molecule has 1 unspecified atom stereocenters. The second-order valence-corrected chi connectivity index (χ2v) is 4.36. The molecule has 1 aromatic rings. The van der Waals surface area contributed by atoms with E-state index in [0.717, 1.165) is 10.0 Å². The van der Waals surface area contributed by atoms with Crippen LogP contribution >= 0.6 is 15.9 Å². The summed E-state index contributed by atoms with van der Waals surface area (Å²) in [5.41, 5.74) is 0.986. The molecule has 15 heavy (non-hydrogen) atoms. The fraction of sp³-hybridized carbons (Fsp3) is 0.400. The minimum absolute atomic E-state index is 0.496. The number of nitrogens with zero attached hydrogens (tertiary/aromatic N) is 2. The van der Waals surface area contributed by atoms with Crippen molar-refractivity contribution in [3.8, 4) is 0 Å². The molecule has 0 aliphatic carbocycles. The van der Waals surface area contributed by atoms with Crippen LogP contribution in [0.5, 0.6) is 0 Å². The maximum absolute atomic E-state index is 10.7. The topological polar surface area (TPSA) is 53.4 Å². The van der Waals surface area contributed by atoms with Gasteiger partial charge in [-0.2, -0.15) is 0 Å². The number of pyridine rings is 1. The van der Waals surface area contributed by atoms with Gasteiger partial charge in [-0.15, -0.1) is 0 Å². The lowest BCUT2D eigenvalue weighted by molar-refractivity contribution is -0.142. The highest BCUT2D eigenvalue weighted by Crippen LogP contribution is 2.12. The standard InChI is InChI=1S/C10H13BrN2O2/c1-7(10(14)15)13(2)6-8-3-9(11)5-12-4-8/h3-5,7H,6H2,1-2H3,(H,14,15). The van der Waals surface area contributed by atoms with Crippen LogP contribution in [0.1, 0.15) is 12.5 Å². The minimum Gasteiger partial charge on any atom is -0.480 e. The molecule has 0 radical (unpaired) electrons. The molecular weight excluding hydrogens is 260 g/mol. The Bertz CT molecular complexity index is 357. The molecule has 1 heterocycles. The number of hydrogen-bond acceptors (Lipinski definition) is 3. The number of aromatic nitrogens is 1. The maximum Gasteiger partial charge on any atom is 0.320 e. The van der Waals surface area contributed by atoms with Crippen LogP contribution < -0.4 is 0 Å². The Hall–Kier alpha value is -0.940. The van der Waals surface area contributed by atoms with Crippen molar-refractivity contribution < 1.29 is 9.90 Å². The third-order valence-corrected chi connectivity index (χ3v) is 2.65. The third-order valence-electron chi connectivity index (χ3n) is 2.21. The molecule has 0 amide bonds. The molecule has 0 spiro atoms. The normalized spacial score (nSPS) is 12.8. The number of hydrogen-bond donors (Lipinski definition) is 1. The van der Waals surface area contributed by atoms with Gasteiger partial charge in [0.05, 0.1) is 0 Å². The molecule has 0 fully saturated rings. The first-order valence-electron chi connectivity index (χ1n) is 4.53. The summed E-state index contributed by atoms with van der Waals surface area (Å²) in [4.78, 5) is 16.5. The Kier molecular flexibility index (Phi) is 4.23. The molecule has 5 heteroatoms.